The number of thioether (sulfide) groups is 1. The van der Waals surface area contributed by atoms with E-state index in [0.717, 1.165) is 25.4 Å². The molecule has 0 aromatic heterocycles. The fourth-order valence-electron chi connectivity index (χ4n) is 2.36. The largest absolute Gasteiger partial charge is 0.307 e. The molecule has 0 radical (unpaired) electrons. The summed E-state index contributed by atoms with van der Waals surface area (Å²) in [6, 6.07) is 21.2. The van der Waals surface area contributed by atoms with Crippen LogP contribution >= 0.6 is 11.8 Å². The van der Waals surface area contributed by atoms with E-state index in [0.29, 0.717) is 0 Å². The predicted octanol–water partition coefficient (Wildman–Crippen LogP) is 4.28. The van der Waals surface area contributed by atoms with E-state index in [1.54, 1.807) is 0 Å². The van der Waals surface area contributed by atoms with Crippen molar-refractivity contribution in [1.82, 2.24) is 5.32 Å². The smallest absolute Gasteiger partial charge is 0.265 e. The van der Waals surface area contributed by atoms with Gasteiger partial charge in [-0.3, -0.25) is 5.32 Å². The molecule has 0 saturated carbocycles. The summed E-state index contributed by atoms with van der Waals surface area (Å²) in [6.45, 7) is 8.56. The Morgan fingerprint density at radius 3 is 1.96 bits per heavy atom. The molecule has 0 aliphatic rings. The highest BCUT2D eigenvalue weighted by Crippen LogP contribution is 2.10. The van der Waals surface area contributed by atoms with Gasteiger partial charge in [0.05, 0.1) is 0 Å². The molecule has 0 amide bonds. The molecule has 2 nitrogen and oxygen atoms in total. The topological polar surface area (TPSA) is 15.0 Å². The summed E-state index contributed by atoms with van der Waals surface area (Å²) in [7, 11) is 0. The van der Waals surface area contributed by atoms with Crippen LogP contribution < -0.4 is 5.32 Å². The van der Waals surface area contributed by atoms with Crippen LogP contribution in [0.5, 0.6) is 0 Å². The van der Waals surface area contributed by atoms with Crippen LogP contribution in [-0.4, -0.2) is 22.0 Å². The molecule has 3 heteroatoms. The third-order valence-electron chi connectivity index (χ3n) is 3.40. The van der Waals surface area contributed by atoms with Crippen LogP contribution in [0.3, 0.4) is 0 Å². The van der Waals surface area contributed by atoms with Crippen LogP contribution in [-0.2, 0) is 13.1 Å². The van der Waals surface area contributed by atoms with Crippen molar-refractivity contribution in [2.45, 2.75) is 20.0 Å². The van der Waals surface area contributed by atoms with Gasteiger partial charge in [0.25, 0.3) is 0 Å². The Kier molecular flexibility index (Phi) is 7.47. The van der Waals surface area contributed by atoms with E-state index in [9.17, 15) is 0 Å². The van der Waals surface area contributed by atoms with Gasteiger partial charge in [-0.2, -0.15) is 0 Å². The predicted molar refractivity (Wildman–Crippen MR) is 102 cm³/mol. The van der Waals surface area contributed by atoms with Gasteiger partial charge < -0.3 is 0 Å². The first-order chi connectivity index (χ1) is 11.3. The van der Waals surface area contributed by atoms with Gasteiger partial charge in [-0.15, -0.1) is 0 Å². The van der Waals surface area contributed by atoms with Crippen LogP contribution in [0.1, 0.15) is 18.1 Å². The van der Waals surface area contributed by atoms with Gasteiger partial charge >= 0.3 is 5.17 Å². The fourth-order valence-corrected chi connectivity index (χ4v) is 3.13. The number of nitrogens with one attached hydrogen (secondary N) is 1. The average molecular weight is 326 g/mol. The van der Waals surface area contributed by atoms with E-state index >= 15 is 0 Å². The van der Waals surface area contributed by atoms with E-state index in [1.165, 1.54) is 16.3 Å². The first kappa shape index (κ1) is 17.4. The SMILES string of the molecule is C=CCNC(SCC)=[N+](Cc1ccccc1)Cc1ccccc1. The summed E-state index contributed by atoms with van der Waals surface area (Å²) in [6.07, 6.45) is 1.90. The lowest BCUT2D eigenvalue weighted by Gasteiger charge is -2.13. The zero-order valence-electron chi connectivity index (χ0n) is 13.7. The number of hydrogen-bond acceptors (Lipinski definition) is 1. The first-order valence-corrected chi connectivity index (χ1v) is 8.99. The van der Waals surface area contributed by atoms with Crippen molar-refractivity contribution >= 4 is 16.9 Å². The van der Waals surface area contributed by atoms with Crippen LogP contribution in [0.4, 0.5) is 0 Å². The quantitative estimate of drug-likeness (QED) is 0.354. The number of rotatable bonds is 7. The average Bonchev–Trinajstić information content (AvgIpc) is 2.60. The minimum atomic E-state index is 0.780. The third kappa shape index (κ3) is 5.95. The minimum Gasteiger partial charge on any atom is -0.265 e. The molecule has 0 atom stereocenters. The number of nitrogens with zero attached hydrogens (tertiary/aromatic N) is 1. The van der Waals surface area contributed by atoms with Crippen molar-refractivity contribution in [3.05, 3.63) is 84.4 Å². The molecule has 0 saturated heterocycles. The number of benzene rings is 2. The van der Waals surface area contributed by atoms with E-state index in [-0.39, 0.29) is 0 Å². The molecule has 2 aromatic carbocycles. The second-order valence-corrected chi connectivity index (χ2v) is 6.49. The molecule has 0 heterocycles. The van der Waals surface area contributed by atoms with Crippen molar-refractivity contribution in [1.29, 1.82) is 0 Å². The first-order valence-electron chi connectivity index (χ1n) is 8.00. The molecule has 0 aliphatic carbocycles. The molecule has 0 unspecified atom stereocenters. The van der Waals surface area contributed by atoms with Gasteiger partial charge in [0.2, 0.25) is 0 Å². The van der Waals surface area contributed by atoms with Crippen LogP contribution in [0.25, 0.3) is 0 Å². The molecule has 0 bridgehead atoms. The summed E-state index contributed by atoms with van der Waals surface area (Å²) >= 11 is 1.85. The Bertz CT molecular complexity index is 577. The van der Waals surface area contributed by atoms with Crippen molar-refractivity contribution in [2.75, 3.05) is 12.3 Å². The van der Waals surface area contributed by atoms with Gasteiger partial charge in [-0.05, 0) is 22.9 Å². The van der Waals surface area contributed by atoms with Crippen molar-refractivity contribution < 1.29 is 4.58 Å². The lowest BCUT2D eigenvalue weighted by atomic mass is 10.2. The van der Waals surface area contributed by atoms with E-state index in [2.05, 4.69) is 84.1 Å². The van der Waals surface area contributed by atoms with Crippen molar-refractivity contribution in [3.8, 4) is 0 Å². The fraction of sp³-hybridized carbons (Fsp3) is 0.250. The van der Waals surface area contributed by atoms with Gasteiger partial charge in [0, 0.05) is 5.75 Å². The zero-order chi connectivity index (χ0) is 16.3. The van der Waals surface area contributed by atoms with Gasteiger partial charge in [0.1, 0.15) is 19.6 Å². The summed E-state index contributed by atoms with van der Waals surface area (Å²) in [5, 5.41) is 4.71. The molecule has 23 heavy (non-hydrogen) atoms. The van der Waals surface area contributed by atoms with E-state index < -0.39 is 0 Å². The summed E-state index contributed by atoms with van der Waals surface area (Å²) < 4.78 is 2.41. The van der Waals surface area contributed by atoms with Gasteiger partial charge in [0.15, 0.2) is 0 Å². The van der Waals surface area contributed by atoms with E-state index in [4.69, 9.17) is 0 Å². The Morgan fingerprint density at radius 2 is 1.52 bits per heavy atom. The Labute approximate surface area is 143 Å². The molecule has 0 spiro atoms. The van der Waals surface area contributed by atoms with Gasteiger partial charge in [-0.25, -0.2) is 4.58 Å². The standard InChI is InChI=1S/C20H24N2S/c1-3-15-21-20(23-4-2)22(16-18-11-7-5-8-12-18)17-19-13-9-6-10-14-19/h3,5-14H,1,4,15-17H2,2H3/p+1. The molecule has 120 valence electrons. The second kappa shape index (κ2) is 9.90. The second-order valence-electron chi connectivity index (χ2n) is 5.24. The lowest BCUT2D eigenvalue weighted by Crippen LogP contribution is -2.31. The van der Waals surface area contributed by atoms with Crippen LogP contribution in [0.15, 0.2) is 73.3 Å². The summed E-state index contributed by atoms with van der Waals surface area (Å²) in [5.74, 6) is 1.04. The molecule has 1 N–H and O–H groups in total. The summed E-state index contributed by atoms with van der Waals surface area (Å²) in [5.41, 5.74) is 2.64. The molecule has 2 aromatic rings. The molecule has 2 rings (SSSR count). The number of amidine groups is 1. The maximum atomic E-state index is 3.82. The molecule has 0 fully saturated rings. The Hall–Kier alpha value is -2.00. The zero-order valence-corrected chi connectivity index (χ0v) is 14.6. The Morgan fingerprint density at radius 1 is 1.00 bits per heavy atom. The molecular weight excluding hydrogens is 300 g/mol. The number of hydrogen-bond donors (Lipinski definition) is 1. The van der Waals surface area contributed by atoms with Crippen LogP contribution in [0, 0.1) is 0 Å². The molecule has 0 aliphatic heterocycles. The highest BCUT2D eigenvalue weighted by Gasteiger charge is 2.14. The van der Waals surface area contributed by atoms with Crippen LogP contribution in [0.2, 0.25) is 0 Å². The van der Waals surface area contributed by atoms with Crippen molar-refractivity contribution in [3.63, 3.8) is 0 Å². The monoisotopic (exact) mass is 325 g/mol. The van der Waals surface area contributed by atoms with Gasteiger partial charge in [-0.1, -0.05) is 80.2 Å². The highest BCUT2D eigenvalue weighted by molar-refractivity contribution is 8.13. The van der Waals surface area contributed by atoms with E-state index in [1.807, 2.05) is 17.8 Å². The minimum absolute atomic E-state index is 0.780. The maximum Gasteiger partial charge on any atom is 0.307 e. The highest BCUT2D eigenvalue weighted by atomic mass is 32.2. The molecular formula is C20H25N2S+. The van der Waals surface area contributed by atoms with Crippen molar-refractivity contribution in [2.24, 2.45) is 0 Å². The normalized spacial score (nSPS) is 10.1. The lowest BCUT2D eigenvalue weighted by molar-refractivity contribution is -0.559. The third-order valence-corrected chi connectivity index (χ3v) is 4.36. The summed E-state index contributed by atoms with van der Waals surface area (Å²) in [4.78, 5) is 0. The Balaban J connectivity index is 2.29. The maximum absolute atomic E-state index is 3.82.